The van der Waals surface area contributed by atoms with Crippen LogP contribution < -0.4 is 0 Å². The van der Waals surface area contributed by atoms with E-state index in [0.29, 0.717) is 12.3 Å². The number of halogens is 4. The molecule has 1 aromatic carbocycles. The van der Waals surface area contributed by atoms with Crippen molar-refractivity contribution in [2.24, 2.45) is 0 Å². The standard InChI is InChI=1S/C11H10ClF3/c12-8-2-1-3-9-4-6-10(7-5-9)11(13,14)15/h1-2,4-7H,3,8H2/b2-1+. The third kappa shape index (κ3) is 3.96. The molecule has 0 nitrogen and oxygen atoms in total. The number of hydrogen-bond acceptors (Lipinski definition) is 0. The zero-order chi connectivity index (χ0) is 11.3. The zero-order valence-corrected chi connectivity index (χ0v) is 8.65. The van der Waals surface area contributed by atoms with Crippen LogP contribution >= 0.6 is 11.6 Å². The predicted molar refractivity (Wildman–Crippen MR) is 55.0 cm³/mol. The zero-order valence-electron chi connectivity index (χ0n) is 7.89. The Bertz CT molecular complexity index is 325. The normalized spacial score (nSPS) is 12.3. The second-order valence-electron chi connectivity index (χ2n) is 3.02. The van der Waals surface area contributed by atoms with E-state index in [-0.39, 0.29) is 0 Å². The molecule has 15 heavy (non-hydrogen) atoms. The van der Waals surface area contributed by atoms with Gasteiger partial charge in [0.25, 0.3) is 0 Å². The van der Waals surface area contributed by atoms with Gasteiger partial charge in [-0.15, -0.1) is 11.6 Å². The molecule has 0 unspecified atom stereocenters. The van der Waals surface area contributed by atoms with Crippen LogP contribution in [0.1, 0.15) is 11.1 Å². The first-order valence-electron chi connectivity index (χ1n) is 4.41. The molecule has 0 fully saturated rings. The fraction of sp³-hybridized carbons (Fsp3) is 0.273. The summed E-state index contributed by atoms with van der Waals surface area (Å²) in [6.45, 7) is 0. The van der Waals surface area contributed by atoms with E-state index in [4.69, 9.17) is 11.6 Å². The summed E-state index contributed by atoms with van der Waals surface area (Å²) in [5.41, 5.74) is 0.219. The highest BCUT2D eigenvalue weighted by molar-refractivity contribution is 6.18. The summed E-state index contributed by atoms with van der Waals surface area (Å²) in [7, 11) is 0. The molecule has 0 saturated carbocycles. The number of allylic oxidation sites excluding steroid dienone is 2. The van der Waals surface area contributed by atoms with Gasteiger partial charge in [-0.2, -0.15) is 13.2 Å². The van der Waals surface area contributed by atoms with E-state index in [0.717, 1.165) is 17.7 Å². The van der Waals surface area contributed by atoms with Gasteiger partial charge in [0.05, 0.1) is 5.56 Å². The van der Waals surface area contributed by atoms with E-state index in [1.165, 1.54) is 12.1 Å². The van der Waals surface area contributed by atoms with Crippen molar-refractivity contribution in [1.29, 1.82) is 0 Å². The Morgan fingerprint density at radius 3 is 2.13 bits per heavy atom. The maximum Gasteiger partial charge on any atom is 0.416 e. The van der Waals surface area contributed by atoms with Crippen LogP contribution in [-0.4, -0.2) is 5.88 Å². The molecule has 0 aromatic heterocycles. The van der Waals surface area contributed by atoms with E-state index >= 15 is 0 Å². The van der Waals surface area contributed by atoms with Gasteiger partial charge < -0.3 is 0 Å². The van der Waals surface area contributed by atoms with Gasteiger partial charge in [0.1, 0.15) is 0 Å². The molecule has 0 heterocycles. The van der Waals surface area contributed by atoms with Crippen molar-refractivity contribution in [2.45, 2.75) is 12.6 Å². The summed E-state index contributed by atoms with van der Waals surface area (Å²) in [6, 6.07) is 5.12. The molecule has 0 amide bonds. The minimum atomic E-state index is -4.26. The van der Waals surface area contributed by atoms with Crippen LogP contribution in [0, 0.1) is 0 Å². The average Bonchev–Trinajstić information content (AvgIpc) is 2.18. The van der Waals surface area contributed by atoms with Crippen molar-refractivity contribution >= 4 is 11.6 Å². The molecule has 0 atom stereocenters. The molecule has 0 aliphatic carbocycles. The van der Waals surface area contributed by atoms with Gasteiger partial charge in [-0.05, 0) is 24.1 Å². The number of rotatable bonds is 3. The third-order valence-electron chi connectivity index (χ3n) is 1.89. The highest BCUT2D eigenvalue weighted by Crippen LogP contribution is 2.29. The monoisotopic (exact) mass is 234 g/mol. The average molecular weight is 235 g/mol. The summed E-state index contributed by atoms with van der Waals surface area (Å²) >= 11 is 5.42. The van der Waals surface area contributed by atoms with Gasteiger partial charge >= 0.3 is 6.18 Å². The van der Waals surface area contributed by atoms with E-state index in [1.54, 1.807) is 6.08 Å². The van der Waals surface area contributed by atoms with Crippen LogP contribution in [0.4, 0.5) is 13.2 Å². The first-order valence-corrected chi connectivity index (χ1v) is 4.94. The predicted octanol–water partition coefficient (Wildman–Crippen LogP) is 4.04. The van der Waals surface area contributed by atoms with Crippen LogP contribution in [0.15, 0.2) is 36.4 Å². The first kappa shape index (κ1) is 12.1. The van der Waals surface area contributed by atoms with Crippen molar-refractivity contribution in [1.82, 2.24) is 0 Å². The minimum Gasteiger partial charge on any atom is -0.166 e. The van der Waals surface area contributed by atoms with Gasteiger partial charge in [-0.1, -0.05) is 24.3 Å². The Balaban J connectivity index is 2.69. The number of hydrogen-bond donors (Lipinski definition) is 0. The summed E-state index contributed by atoms with van der Waals surface area (Å²) in [5.74, 6) is 0.417. The van der Waals surface area contributed by atoms with E-state index in [9.17, 15) is 13.2 Å². The number of alkyl halides is 4. The highest BCUT2D eigenvalue weighted by Gasteiger charge is 2.29. The molecule has 0 spiro atoms. The summed E-state index contributed by atoms with van der Waals surface area (Å²) in [5, 5.41) is 0. The molecule has 0 saturated heterocycles. The lowest BCUT2D eigenvalue weighted by molar-refractivity contribution is -0.137. The molecule has 4 heteroatoms. The van der Waals surface area contributed by atoms with Gasteiger partial charge in [-0.3, -0.25) is 0 Å². The van der Waals surface area contributed by atoms with Crippen LogP contribution in [0.3, 0.4) is 0 Å². The van der Waals surface area contributed by atoms with E-state index in [1.807, 2.05) is 6.08 Å². The van der Waals surface area contributed by atoms with Crippen molar-refractivity contribution in [2.75, 3.05) is 5.88 Å². The van der Waals surface area contributed by atoms with E-state index in [2.05, 4.69) is 0 Å². The molecule has 0 aliphatic heterocycles. The van der Waals surface area contributed by atoms with Gasteiger partial charge in [0.15, 0.2) is 0 Å². The smallest absolute Gasteiger partial charge is 0.166 e. The van der Waals surface area contributed by atoms with Gasteiger partial charge in [0.2, 0.25) is 0 Å². The van der Waals surface area contributed by atoms with Crippen molar-refractivity contribution in [3.63, 3.8) is 0 Å². The Morgan fingerprint density at radius 1 is 1.07 bits per heavy atom. The molecule has 82 valence electrons. The SMILES string of the molecule is FC(F)(F)c1ccc(C/C=C/CCl)cc1. The highest BCUT2D eigenvalue weighted by atomic mass is 35.5. The minimum absolute atomic E-state index is 0.417. The third-order valence-corrected chi connectivity index (χ3v) is 2.07. The number of benzene rings is 1. The molecule has 1 aromatic rings. The van der Waals surface area contributed by atoms with Crippen LogP contribution in [0.2, 0.25) is 0 Å². The Labute approximate surface area is 91.4 Å². The van der Waals surface area contributed by atoms with Crippen LogP contribution in [-0.2, 0) is 12.6 Å². The lowest BCUT2D eigenvalue weighted by Crippen LogP contribution is -2.04. The quantitative estimate of drug-likeness (QED) is 0.547. The first-order chi connectivity index (χ1) is 7.04. The molecule has 0 aliphatic rings. The lowest BCUT2D eigenvalue weighted by atomic mass is 10.1. The molecular formula is C11H10ClF3. The van der Waals surface area contributed by atoms with Gasteiger partial charge in [-0.25, -0.2) is 0 Å². The van der Waals surface area contributed by atoms with Crippen LogP contribution in [0.25, 0.3) is 0 Å². The fourth-order valence-electron chi connectivity index (χ4n) is 1.11. The molecule has 0 radical (unpaired) electrons. The maximum atomic E-state index is 12.2. The lowest BCUT2D eigenvalue weighted by Gasteiger charge is -2.06. The van der Waals surface area contributed by atoms with Crippen molar-refractivity contribution in [3.8, 4) is 0 Å². The topological polar surface area (TPSA) is 0 Å². The Morgan fingerprint density at radius 2 is 1.67 bits per heavy atom. The molecule has 0 N–H and O–H groups in total. The fourth-order valence-corrected chi connectivity index (χ4v) is 1.24. The largest absolute Gasteiger partial charge is 0.416 e. The molecule has 0 bridgehead atoms. The second-order valence-corrected chi connectivity index (χ2v) is 3.33. The van der Waals surface area contributed by atoms with E-state index < -0.39 is 11.7 Å². The summed E-state index contributed by atoms with van der Waals surface area (Å²) < 4.78 is 36.6. The maximum absolute atomic E-state index is 12.2. The Kier molecular flexibility index (Phi) is 4.21. The van der Waals surface area contributed by atoms with Gasteiger partial charge in [0, 0.05) is 5.88 Å². The molecule has 1 rings (SSSR count). The van der Waals surface area contributed by atoms with Crippen molar-refractivity contribution < 1.29 is 13.2 Å². The summed E-state index contributed by atoms with van der Waals surface area (Å²) in [4.78, 5) is 0. The summed E-state index contributed by atoms with van der Waals surface area (Å²) in [6.07, 6.45) is -0.0653. The van der Waals surface area contributed by atoms with Crippen LogP contribution in [0.5, 0.6) is 0 Å². The van der Waals surface area contributed by atoms with Crippen molar-refractivity contribution in [3.05, 3.63) is 47.5 Å². The second kappa shape index (κ2) is 5.21. The Hall–Kier alpha value is -0.960. The molecular weight excluding hydrogens is 225 g/mol.